The van der Waals surface area contributed by atoms with Gasteiger partial charge in [-0.2, -0.15) is 11.8 Å². The van der Waals surface area contributed by atoms with Gasteiger partial charge in [0.05, 0.1) is 30.7 Å². The first-order chi connectivity index (χ1) is 50.7. The van der Waals surface area contributed by atoms with E-state index in [2.05, 4.69) is 43.3 Å². The van der Waals surface area contributed by atoms with Crippen molar-refractivity contribution < 1.29 is 67.7 Å². The lowest BCUT2D eigenvalue weighted by molar-refractivity contribution is -0.149. The number of likely N-dealkylation sites (N-methyl/N-ethyl adjacent to an activating group) is 1. The zero-order chi connectivity index (χ0) is 79.1. The fourth-order valence-electron chi connectivity index (χ4n) is 14.7. The molecular formula is C83H121N9O14S. The molecule has 107 heavy (non-hydrogen) atoms. The summed E-state index contributed by atoms with van der Waals surface area (Å²) in [6, 6.07) is 11.5. The number of aromatic hydroxyl groups is 1. The Morgan fingerprint density at radius 2 is 1.01 bits per heavy atom. The van der Waals surface area contributed by atoms with Crippen molar-refractivity contribution in [1.82, 2.24) is 47.0 Å². The number of thioether (sulfide) groups is 1. The van der Waals surface area contributed by atoms with Crippen molar-refractivity contribution in [2.24, 2.45) is 59.2 Å². The van der Waals surface area contributed by atoms with Crippen molar-refractivity contribution in [1.29, 1.82) is 0 Å². The number of carbonyl (C=O) groups excluding carboxylic acids is 12. The van der Waals surface area contributed by atoms with E-state index in [1.165, 1.54) is 40.7 Å². The third kappa shape index (κ3) is 24.9. The van der Waals surface area contributed by atoms with Gasteiger partial charge in [-0.3, -0.25) is 57.5 Å². The average Bonchev–Trinajstić information content (AvgIpc) is 1.65. The van der Waals surface area contributed by atoms with Crippen LogP contribution >= 0.6 is 11.8 Å². The van der Waals surface area contributed by atoms with Crippen molar-refractivity contribution in [3.8, 4) is 5.75 Å². The molecule has 0 unspecified atom stereocenters. The molecule has 6 rings (SSSR count). The molecule has 588 valence electrons. The molecule has 2 aliphatic heterocycles. The van der Waals surface area contributed by atoms with E-state index in [1.807, 2.05) is 51.3 Å². The number of aliphatic hydroxyl groups is 1. The molecule has 9 amide bonds. The van der Waals surface area contributed by atoms with Crippen LogP contribution in [0.15, 0.2) is 84.9 Å². The molecule has 0 spiro atoms. The highest BCUT2D eigenvalue weighted by atomic mass is 32.2. The second kappa shape index (κ2) is 41.9. The van der Waals surface area contributed by atoms with Gasteiger partial charge in [-0.15, -0.1) is 0 Å². The van der Waals surface area contributed by atoms with E-state index >= 15 is 28.8 Å². The van der Waals surface area contributed by atoms with E-state index in [1.54, 1.807) is 112 Å². The second-order valence-corrected chi connectivity index (χ2v) is 32.8. The Labute approximate surface area is 638 Å². The zero-order valence-electron chi connectivity index (χ0n) is 65.7. The van der Waals surface area contributed by atoms with Gasteiger partial charge in [-0.1, -0.05) is 182 Å². The monoisotopic (exact) mass is 1500 g/mol. The minimum Gasteiger partial charge on any atom is -0.508 e. The lowest BCUT2D eigenvalue weighted by Crippen LogP contribution is -2.62. The Balaban J connectivity index is 1.46. The molecular weight excluding hydrogens is 1380 g/mol. The number of hydrogen-bond acceptors (Lipinski definition) is 15. The van der Waals surface area contributed by atoms with E-state index in [9.17, 15) is 39.0 Å². The highest BCUT2D eigenvalue weighted by Crippen LogP contribution is 2.39. The van der Waals surface area contributed by atoms with E-state index < -0.39 is 191 Å². The van der Waals surface area contributed by atoms with E-state index in [0.717, 1.165) is 29.5 Å². The lowest BCUT2D eigenvalue weighted by Gasteiger charge is -2.37. The Kier molecular flexibility index (Phi) is 34.3. The number of nitrogens with one attached hydrogen (secondary N) is 7. The van der Waals surface area contributed by atoms with Crippen LogP contribution in [0.1, 0.15) is 183 Å². The number of nitrogens with zero attached hydrogens (tertiary/aromatic N) is 2. The summed E-state index contributed by atoms with van der Waals surface area (Å²) in [5.41, 5.74) is 4.29. The Hall–Kier alpha value is -8.25. The van der Waals surface area contributed by atoms with Crippen molar-refractivity contribution >= 4 is 87.8 Å². The first-order valence-corrected chi connectivity index (χ1v) is 40.1. The van der Waals surface area contributed by atoms with Crippen molar-refractivity contribution in [3.05, 3.63) is 107 Å². The van der Waals surface area contributed by atoms with Gasteiger partial charge < -0.3 is 57.2 Å². The summed E-state index contributed by atoms with van der Waals surface area (Å²) in [5.74, 6) is -14.2. The Morgan fingerprint density at radius 3 is 1.57 bits per heavy atom. The molecule has 3 aliphatic rings. The number of aliphatic hydroxyl groups excluding tert-OH is 1. The number of rotatable bonds is 21. The summed E-state index contributed by atoms with van der Waals surface area (Å²) in [6.07, 6.45) is 6.49. The predicted octanol–water partition coefficient (Wildman–Crippen LogP) is 8.04. The van der Waals surface area contributed by atoms with Crippen LogP contribution < -0.4 is 37.2 Å². The van der Waals surface area contributed by atoms with Gasteiger partial charge in [0.1, 0.15) is 42.0 Å². The number of fused-ring (bicyclic) bond motifs is 2. The molecule has 2 fully saturated rings. The van der Waals surface area contributed by atoms with Crippen LogP contribution in [0, 0.1) is 59.2 Å². The largest absolute Gasteiger partial charge is 0.508 e. The maximum Gasteiger partial charge on any atom is 0.246 e. The smallest absolute Gasteiger partial charge is 0.246 e. The first kappa shape index (κ1) is 87.7. The number of Topliss-reactive ketones (excluding diaryl/α,β-unsaturated/α-hetero) is 3. The molecule has 23 nitrogen and oxygen atoms in total. The molecule has 24 heteroatoms. The van der Waals surface area contributed by atoms with Gasteiger partial charge in [0.25, 0.3) is 0 Å². The first-order valence-electron chi connectivity index (χ1n) is 38.7. The zero-order valence-corrected chi connectivity index (χ0v) is 66.5. The van der Waals surface area contributed by atoms with Crippen LogP contribution in [-0.2, 0) is 76.8 Å². The number of unbranched alkanes of at least 4 members (excludes halogenated alkanes) is 2. The van der Waals surface area contributed by atoms with Crippen molar-refractivity contribution in [3.63, 3.8) is 0 Å². The summed E-state index contributed by atoms with van der Waals surface area (Å²) >= 11 is 1.44. The number of phenols is 1. The molecule has 9 N–H and O–H groups in total. The number of carbonyl (C=O) groups is 12. The molecule has 0 bridgehead atoms. The van der Waals surface area contributed by atoms with Gasteiger partial charge in [0.2, 0.25) is 53.2 Å². The number of hydrogen-bond donors (Lipinski definition) is 9. The van der Waals surface area contributed by atoms with E-state index in [4.69, 9.17) is 0 Å². The van der Waals surface area contributed by atoms with E-state index in [-0.39, 0.29) is 63.2 Å². The van der Waals surface area contributed by atoms with Gasteiger partial charge in [0, 0.05) is 57.5 Å². The number of amides is 9. The quantitative estimate of drug-likeness (QED) is 0.0456. The normalized spacial score (nSPS) is 26.1. The maximum absolute atomic E-state index is 15.8. The highest BCUT2D eigenvalue weighted by molar-refractivity contribution is 7.98. The Bertz CT molecular complexity index is 3580. The van der Waals surface area contributed by atoms with Crippen LogP contribution in [0.4, 0.5) is 0 Å². The van der Waals surface area contributed by atoms with Crippen LogP contribution in [0.25, 0.3) is 5.57 Å². The molecule has 13 atom stereocenters. The molecule has 2 saturated heterocycles. The molecule has 0 radical (unpaired) electrons. The minimum absolute atomic E-state index is 0.0590. The van der Waals surface area contributed by atoms with Gasteiger partial charge in [-0.25, -0.2) is 0 Å². The summed E-state index contributed by atoms with van der Waals surface area (Å²) in [5, 5.41) is 41.5. The highest BCUT2D eigenvalue weighted by Gasteiger charge is 2.48. The number of allylic oxidation sites excluding steroid dienone is 2. The fraction of sp³-hybridized carbons (Fsp3) is 0.614. The van der Waals surface area contributed by atoms with Gasteiger partial charge >= 0.3 is 0 Å². The minimum atomic E-state index is -1.43. The maximum atomic E-state index is 15.8. The van der Waals surface area contributed by atoms with Crippen LogP contribution in [-0.4, -0.2) is 177 Å². The molecule has 1 aliphatic carbocycles. The van der Waals surface area contributed by atoms with Gasteiger partial charge in [0.15, 0.2) is 17.3 Å². The third-order valence-corrected chi connectivity index (χ3v) is 21.8. The van der Waals surface area contributed by atoms with Crippen LogP contribution in [0.5, 0.6) is 5.75 Å². The van der Waals surface area contributed by atoms with Gasteiger partial charge in [-0.05, 0) is 132 Å². The molecule has 3 aromatic carbocycles. The third-order valence-electron chi connectivity index (χ3n) is 21.2. The molecule has 3 aromatic rings. The Morgan fingerprint density at radius 1 is 0.505 bits per heavy atom. The second-order valence-electron chi connectivity index (χ2n) is 31.8. The average molecular weight is 1500 g/mol. The summed E-state index contributed by atoms with van der Waals surface area (Å²) in [4.78, 5) is 183. The SMILES string of the molecule is CCCCC[C@@H]1CC(=O)[C@H](C(C)C)NC(=O)[C@H](CO)CC(=O)[C@H](CC(C)C)N(C)C(=O)[C@H]2[C@@H](CC3=CCc4ccccc43)CCN2C(=O)[C@H](CCSC)NC(=O)[C@@H](C(C)C)NC(=O)[C@H](C(C)C)NC(=O)[C@H](Cc2ccc(O)cc2)NC(=O)[C@H](Cc2ccccc2)NC(=O)[C@H](C(C)C)CC(=O)[C@H](C(C)C)NC1=O. The van der Waals surface area contributed by atoms with Crippen LogP contribution in [0.2, 0.25) is 0 Å². The van der Waals surface area contributed by atoms with Crippen LogP contribution in [0.3, 0.4) is 0 Å². The predicted molar refractivity (Wildman–Crippen MR) is 416 cm³/mol. The summed E-state index contributed by atoms with van der Waals surface area (Å²) in [6.45, 7) is 22.3. The summed E-state index contributed by atoms with van der Waals surface area (Å²) in [7, 11) is 1.51. The number of benzene rings is 3. The molecule has 0 aromatic heterocycles. The molecule has 2 heterocycles. The lowest BCUT2D eigenvalue weighted by atomic mass is 9.84. The topological polar surface area (TPSA) is 336 Å². The van der Waals surface area contributed by atoms with Crippen molar-refractivity contribution in [2.45, 2.75) is 234 Å². The fourth-order valence-corrected chi connectivity index (χ4v) is 15.2. The number of ketones is 3. The number of phenolic OH excluding ortho intramolecular Hbond substituents is 1. The standard InChI is InChI=1S/C83H121N9O14S/c1-16-17-19-27-58-43-68(96)70(49(6)7)88-76(99)59(46-93)44-67(95)66(39-47(2)3)91(14)83(106)74-57(42-56-32-31-55-26-22-23-28-61(55)56)35-37-92(74)82(105)63(36-38-107-15)84-80(103)72(51(10)11)90-81(104)73(52(12)13)89-79(102)65(41-54-29-33-60(94)34-30-54)86-78(101)64(40-53-24-20-18-21-25-53)85-77(100)62(48(4)5)45-69(97)71(50(8)9)87-75(58)98/h18,20-26,28-30,32-34,47-52,57-59,62-66,70-74,93-94H,16-17,19,27,31,35-46H2,1-15H3,(H,84,103)(H,85,100)(H,86,101)(H,87,98)(H,88,99)(H,89,102)(H,90,104)/t57-,58-,59+,62+,63+,64+,65+,66+,70+,71+,72-,73+,74-/m1/s1. The summed E-state index contributed by atoms with van der Waals surface area (Å²) < 4.78 is 0. The van der Waals surface area contributed by atoms with Crippen molar-refractivity contribution in [2.75, 3.05) is 32.2 Å². The molecule has 0 saturated carbocycles. The van der Waals surface area contributed by atoms with E-state index in [0.29, 0.717) is 42.6 Å².